The van der Waals surface area contributed by atoms with Crippen LogP contribution >= 0.6 is 11.6 Å². The number of imidazole rings is 1. The lowest BCUT2D eigenvalue weighted by atomic mass is 10.2. The van der Waals surface area contributed by atoms with Crippen LogP contribution in [0, 0.1) is 0 Å². The third-order valence-corrected chi connectivity index (χ3v) is 2.72. The Kier molecular flexibility index (Phi) is 3.90. The maximum atomic E-state index is 12.2. The first-order chi connectivity index (χ1) is 9.47. The molecule has 1 heterocycles. The number of nitrogens with zero attached hydrogens (tertiary/aromatic N) is 1. The largest absolute Gasteiger partial charge is 0.480 e. The summed E-state index contributed by atoms with van der Waals surface area (Å²) in [6, 6.07) is 6.22. The fourth-order valence-electron chi connectivity index (χ4n) is 1.65. The number of aliphatic carboxylic acids is 1. The van der Waals surface area contributed by atoms with Gasteiger partial charge in [-0.25, -0.2) is 4.79 Å². The highest BCUT2D eigenvalue weighted by Gasteiger charge is 2.22. The predicted octanol–water partition coefficient (Wildman–Crippen LogP) is 1.09. The molecule has 7 nitrogen and oxygen atoms in total. The molecule has 1 aromatic carbocycles. The number of hydrogen-bond acceptors (Lipinski definition) is 3. The molecule has 0 atom stereocenters. The van der Waals surface area contributed by atoms with Gasteiger partial charge in [0, 0.05) is 16.9 Å². The predicted molar refractivity (Wildman–Crippen MR) is 72.2 cm³/mol. The minimum Gasteiger partial charge on any atom is -0.480 e. The number of anilines is 1. The number of carboxylic acid groups (broad SMARTS) is 1. The fraction of sp³-hybridized carbons (Fsp3) is 0.0833. The van der Waals surface area contributed by atoms with Gasteiger partial charge in [-0.2, -0.15) is 0 Å². The number of amides is 1. The SMILES string of the molecule is O=C(O)CN(C(=O)c1c[nH]c(=O)[nH]1)c1cccc(Cl)c1. The van der Waals surface area contributed by atoms with Crippen LogP contribution in [0.15, 0.2) is 35.3 Å². The van der Waals surface area contributed by atoms with Gasteiger partial charge in [0.2, 0.25) is 0 Å². The second kappa shape index (κ2) is 5.62. The number of rotatable bonds is 4. The van der Waals surface area contributed by atoms with E-state index in [9.17, 15) is 14.4 Å². The highest BCUT2D eigenvalue weighted by atomic mass is 35.5. The molecule has 1 aromatic heterocycles. The van der Waals surface area contributed by atoms with E-state index >= 15 is 0 Å². The Morgan fingerprint density at radius 1 is 1.35 bits per heavy atom. The number of hydrogen-bond donors (Lipinski definition) is 3. The van der Waals surface area contributed by atoms with Crippen molar-refractivity contribution in [1.82, 2.24) is 9.97 Å². The normalized spacial score (nSPS) is 10.2. The molecule has 2 rings (SSSR count). The average Bonchev–Trinajstić information content (AvgIpc) is 2.81. The van der Waals surface area contributed by atoms with E-state index in [2.05, 4.69) is 9.97 Å². The maximum absolute atomic E-state index is 12.2. The van der Waals surface area contributed by atoms with Gasteiger partial charge in [-0.15, -0.1) is 0 Å². The highest BCUT2D eigenvalue weighted by molar-refractivity contribution is 6.31. The van der Waals surface area contributed by atoms with Gasteiger partial charge in [-0.05, 0) is 18.2 Å². The van der Waals surface area contributed by atoms with Gasteiger partial charge in [0.1, 0.15) is 12.2 Å². The van der Waals surface area contributed by atoms with Gasteiger partial charge < -0.3 is 15.1 Å². The number of aromatic amines is 2. The molecule has 0 saturated carbocycles. The van der Waals surface area contributed by atoms with Crippen LogP contribution in [0.2, 0.25) is 5.02 Å². The van der Waals surface area contributed by atoms with Crippen LogP contribution in [0.3, 0.4) is 0 Å². The molecule has 0 spiro atoms. The number of carbonyl (C=O) groups excluding carboxylic acids is 1. The lowest BCUT2D eigenvalue weighted by Gasteiger charge is -2.20. The smallest absolute Gasteiger partial charge is 0.323 e. The number of carbonyl (C=O) groups is 2. The summed E-state index contributed by atoms with van der Waals surface area (Å²) in [6.07, 6.45) is 1.18. The van der Waals surface area contributed by atoms with Crippen LogP contribution in [0.5, 0.6) is 0 Å². The molecule has 20 heavy (non-hydrogen) atoms. The summed E-state index contributed by atoms with van der Waals surface area (Å²) < 4.78 is 0. The number of nitrogens with one attached hydrogen (secondary N) is 2. The third-order valence-electron chi connectivity index (χ3n) is 2.48. The monoisotopic (exact) mass is 295 g/mol. The van der Waals surface area contributed by atoms with Crippen molar-refractivity contribution < 1.29 is 14.7 Å². The Labute approximate surface area is 117 Å². The zero-order valence-corrected chi connectivity index (χ0v) is 10.8. The lowest BCUT2D eigenvalue weighted by Crippen LogP contribution is -2.36. The van der Waals surface area contributed by atoms with Crippen LogP contribution in [0.4, 0.5) is 5.69 Å². The van der Waals surface area contributed by atoms with E-state index in [1.807, 2.05) is 0 Å². The van der Waals surface area contributed by atoms with E-state index < -0.39 is 24.1 Å². The minimum absolute atomic E-state index is 0.0313. The first-order valence-electron chi connectivity index (χ1n) is 5.54. The lowest BCUT2D eigenvalue weighted by molar-refractivity contribution is -0.135. The number of benzene rings is 1. The van der Waals surface area contributed by atoms with Gasteiger partial charge in [0.25, 0.3) is 5.91 Å². The van der Waals surface area contributed by atoms with E-state index in [1.54, 1.807) is 18.2 Å². The van der Waals surface area contributed by atoms with Gasteiger partial charge in [0.05, 0.1) is 0 Å². The Morgan fingerprint density at radius 3 is 2.65 bits per heavy atom. The quantitative estimate of drug-likeness (QED) is 0.785. The van der Waals surface area contributed by atoms with Crippen LogP contribution in [0.25, 0.3) is 0 Å². The van der Waals surface area contributed by atoms with Crippen molar-refractivity contribution in [2.75, 3.05) is 11.4 Å². The van der Waals surface area contributed by atoms with Gasteiger partial charge >= 0.3 is 11.7 Å². The summed E-state index contributed by atoms with van der Waals surface area (Å²) in [5, 5.41) is 9.28. The van der Waals surface area contributed by atoms with Gasteiger partial charge in [0.15, 0.2) is 0 Å². The van der Waals surface area contributed by atoms with Crippen molar-refractivity contribution in [2.24, 2.45) is 0 Å². The van der Waals surface area contributed by atoms with Crippen molar-refractivity contribution >= 4 is 29.2 Å². The van der Waals surface area contributed by atoms with Crippen molar-refractivity contribution in [3.8, 4) is 0 Å². The van der Waals surface area contributed by atoms with Gasteiger partial charge in [-0.3, -0.25) is 14.5 Å². The molecule has 0 bridgehead atoms. The van der Waals surface area contributed by atoms with E-state index in [0.29, 0.717) is 10.7 Å². The molecule has 2 aromatic rings. The molecular weight excluding hydrogens is 286 g/mol. The highest BCUT2D eigenvalue weighted by Crippen LogP contribution is 2.20. The summed E-state index contributed by atoms with van der Waals surface area (Å²) in [5.74, 6) is -1.83. The summed E-state index contributed by atoms with van der Waals surface area (Å²) in [6.45, 7) is -0.549. The molecule has 0 unspecified atom stereocenters. The van der Waals surface area contributed by atoms with Crippen molar-refractivity contribution in [2.45, 2.75) is 0 Å². The summed E-state index contributed by atoms with van der Waals surface area (Å²) >= 11 is 5.83. The molecule has 0 fully saturated rings. The number of halogens is 1. The van der Waals surface area contributed by atoms with E-state index in [0.717, 1.165) is 4.90 Å². The fourth-order valence-corrected chi connectivity index (χ4v) is 1.84. The third kappa shape index (κ3) is 3.07. The molecular formula is C12H10ClN3O4. The second-order valence-electron chi connectivity index (χ2n) is 3.92. The zero-order chi connectivity index (χ0) is 14.7. The number of aromatic nitrogens is 2. The molecule has 1 amide bonds. The van der Waals surface area contributed by atoms with E-state index in [-0.39, 0.29) is 5.69 Å². The van der Waals surface area contributed by atoms with E-state index in [1.165, 1.54) is 12.3 Å². The Bertz CT molecular complexity index is 706. The van der Waals surface area contributed by atoms with Crippen LogP contribution in [0.1, 0.15) is 10.5 Å². The number of H-pyrrole nitrogens is 2. The summed E-state index contributed by atoms with van der Waals surface area (Å²) in [4.78, 5) is 39.7. The molecule has 0 saturated heterocycles. The maximum Gasteiger partial charge on any atom is 0.323 e. The molecule has 0 aliphatic heterocycles. The van der Waals surface area contributed by atoms with Crippen molar-refractivity contribution in [1.29, 1.82) is 0 Å². The summed E-state index contributed by atoms with van der Waals surface area (Å²) in [7, 11) is 0. The molecule has 8 heteroatoms. The standard InChI is InChI=1S/C12H10ClN3O4/c13-7-2-1-3-8(4-7)16(6-10(17)18)11(19)9-5-14-12(20)15-9/h1-5H,6H2,(H,17,18)(H2,14,15,20). The van der Waals surface area contributed by atoms with Gasteiger partial charge in [-0.1, -0.05) is 17.7 Å². The first kappa shape index (κ1) is 13.9. The number of carboxylic acids is 1. The first-order valence-corrected chi connectivity index (χ1v) is 5.92. The Morgan fingerprint density at radius 2 is 2.10 bits per heavy atom. The molecule has 0 aliphatic carbocycles. The minimum atomic E-state index is -1.18. The topological polar surface area (TPSA) is 106 Å². The van der Waals surface area contributed by atoms with Crippen LogP contribution in [-0.2, 0) is 4.79 Å². The summed E-state index contributed by atoms with van der Waals surface area (Å²) in [5.41, 5.74) is -0.252. The molecule has 0 radical (unpaired) electrons. The van der Waals surface area contributed by atoms with Crippen molar-refractivity contribution in [3.05, 3.63) is 51.7 Å². The average molecular weight is 296 g/mol. The Balaban J connectivity index is 2.39. The molecule has 0 aliphatic rings. The molecule has 3 N–H and O–H groups in total. The van der Waals surface area contributed by atoms with Crippen LogP contribution < -0.4 is 10.6 Å². The Hall–Kier alpha value is -2.54. The second-order valence-corrected chi connectivity index (χ2v) is 4.36. The zero-order valence-electron chi connectivity index (χ0n) is 10.1. The van der Waals surface area contributed by atoms with Crippen molar-refractivity contribution in [3.63, 3.8) is 0 Å². The van der Waals surface area contributed by atoms with Crippen LogP contribution in [-0.4, -0.2) is 33.5 Å². The molecule has 104 valence electrons. The van der Waals surface area contributed by atoms with E-state index in [4.69, 9.17) is 16.7 Å².